The van der Waals surface area contributed by atoms with Gasteiger partial charge in [0.1, 0.15) is 16.6 Å². The molecule has 1 saturated carbocycles. The van der Waals surface area contributed by atoms with Crippen molar-refractivity contribution in [2.75, 3.05) is 0 Å². The number of hydrogen-bond donors (Lipinski definition) is 0. The van der Waals surface area contributed by atoms with Gasteiger partial charge in [0.05, 0.1) is 12.4 Å². The van der Waals surface area contributed by atoms with Gasteiger partial charge in [-0.05, 0) is 19.3 Å². The summed E-state index contributed by atoms with van der Waals surface area (Å²) in [5.74, 6) is 1.79. The number of halogens is 1. The molecule has 0 N–H and O–H groups in total. The Hall–Kier alpha value is -1.82. The molecule has 1 atom stereocenters. The van der Waals surface area contributed by atoms with Crippen molar-refractivity contribution in [1.29, 1.82) is 0 Å². The van der Waals surface area contributed by atoms with Gasteiger partial charge in [-0.15, -0.1) is 0 Å². The van der Waals surface area contributed by atoms with Gasteiger partial charge in [0.15, 0.2) is 0 Å². The zero-order chi connectivity index (χ0) is 18.4. The van der Waals surface area contributed by atoms with Crippen molar-refractivity contribution < 1.29 is 9.32 Å². The Bertz CT molecular complexity index is 728. The van der Waals surface area contributed by atoms with Crippen molar-refractivity contribution >= 4 is 17.4 Å². The Morgan fingerprint density at radius 2 is 2.08 bits per heavy atom. The normalized spacial score (nSPS) is 16.5. The van der Waals surface area contributed by atoms with Crippen LogP contribution in [0.25, 0.3) is 11.5 Å². The number of carbonyl (C=O) groups is 1. The van der Waals surface area contributed by atoms with E-state index < -0.39 is 0 Å². The third-order valence-electron chi connectivity index (χ3n) is 5.05. The van der Waals surface area contributed by atoms with Gasteiger partial charge in [-0.1, -0.05) is 61.7 Å². The van der Waals surface area contributed by atoms with E-state index in [1.165, 1.54) is 44.7 Å². The second kappa shape index (κ2) is 9.21. The Labute approximate surface area is 158 Å². The highest BCUT2D eigenvalue weighted by atomic mass is 35.5. The third-order valence-corrected chi connectivity index (χ3v) is 5.23. The van der Waals surface area contributed by atoms with Crippen LogP contribution in [0.4, 0.5) is 0 Å². The first-order valence-electron chi connectivity index (χ1n) is 9.43. The summed E-state index contributed by atoms with van der Waals surface area (Å²) < 4.78 is 5.44. The van der Waals surface area contributed by atoms with Gasteiger partial charge in [0.25, 0.3) is 0 Å². The van der Waals surface area contributed by atoms with E-state index in [1.54, 1.807) is 13.1 Å². The van der Waals surface area contributed by atoms with Crippen LogP contribution < -0.4 is 0 Å². The molecular formula is C19H25ClN4O2. The molecule has 2 aromatic heterocycles. The second-order valence-electron chi connectivity index (χ2n) is 7.22. The van der Waals surface area contributed by atoms with E-state index in [9.17, 15) is 4.79 Å². The molecular weight excluding hydrogens is 352 g/mol. The highest BCUT2D eigenvalue weighted by molar-refractivity contribution is 6.29. The van der Waals surface area contributed by atoms with Crippen molar-refractivity contribution in [3.63, 3.8) is 0 Å². The predicted octanol–water partition coefficient (Wildman–Crippen LogP) is 4.99. The Kier molecular flexibility index (Phi) is 6.72. The Balaban J connectivity index is 1.64. The second-order valence-corrected chi connectivity index (χ2v) is 7.61. The summed E-state index contributed by atoms with van der Waals surface area (Å²) in [5, 5.41) is 4.27. The molecule has 0 amide bonds. The number of aromatic nitrogens is 4. The highest BCUT2D eigenvalue weighted by Crippen LogP contribution is 2.31. The van der Waals surface area contributed by atoms with Crippen molar-refractivity contribution in [2.24, 2.45) is 5.92 Å². The van der Waals surface area contributed by atoms with E-state index in [0.29, 0.717) is 23.8 Å². The summed E-state index contributed by atoms with van der Waals surface area (Å²) in [5.41, 5.74) is 0.469. The summed E-state index contributed by atoms with van der Waals surface area (Å²) in [7, 11) is 0. The van der Waals surface area contributed by atoms with Gasteiger partial charge < -0.3 is 9.32 Å². The van der Waals surface area contributed by atoms with Crippen LogP contribution >= 0.6 is 11.6 Å². The van der Waals surface area contributed by atoms with Crippen LogP contribution in [0, 0.1) is 5.92 Å². The van der Waals surface area contributed by atoms with Crippen molar-refractivity contribution in [2.45, 2.75) is 70.6 Å². The van der Waals surface area contributed by atoms with E-state index in [-0.39, 0.29) is 16.9 Å². The number of carbonyl (C=O) groups excluding carboxylic acids is 1. The van der Waals surface area contributed by atoms with Gasteiger partial charge in [-0.3, -0.25) is 4.98 Å². The minimum atomic E-state index is -0.0375. The molecule has 140 valence electrons. The zero-order valence-electron chi connectivity index (χ0n) is 15.2. The van der Waals surface area contributed by atoms with E-state index in [0.717, 1.165) is 18.8 Å². The van der Waals surface area contributed by atoms with Crippen molar-refractivity contribution in [1.82, 2.24) is 20.1 Å². The maximum Gasteiger partial charge on any atom is 0.230 e. The minimum Gasteiger partial charge on any atom is -0.339 e. The quantitative estimate of drug-likeness (QED) is 0.645. The van der Waals surface area contributed by atoms with Gasteiger partial charge >= 0.3 is 0 Å². The maximum absolute atomic E-state index is 11.7. The lowest BCUT2D eigenvalue weighted by Crippen LogP contribution is -2.09. The van der Waals surface area contributed by atoms with E-state index in [2.05, 4.69) is 20.1 Å². The molecule has 1 fully saturated rings. The molecule has 7 heteroatoms. The lowest BCUT2D eigenvalue weighted by Gasteiger charge is -2.22. The molecule has 0 radical (unpaired) electrons. The molecule has 3 rings (SSSR count). The van der Waals surface area contributed by atoms with Crippen LogP contribution in [0.3, 0.4) is 0 Å². The first kappa shape index (κ1) is 19.0. The minimum absolute atomic E-state index is 0.0375. The lowest BCUT2D eigenvalue weighted by molar-refractivity contribution is -0.117. The van der Waals surface area contributed by atoms with Crippen LogP contribution in [-0.2, 0) is 4.79 Å². The molecule has 6 nitrogen and oxygen atoms in total. The summed E-state index contributed by atoms with van der Waals surface area (Å²) >= 11 is 5.87. The molecule has 0 aromatic carbocycles. The summed E-state index contributed by atoms with van der Waals surface area (Å²) in [6.45, 7) is 1.61. The van der Waals surface area contributed by atoms with Gasteiger partial charge in [-0.2, -0.15) is 4.98 Å². The Morgan fingerprint density at radius 3 is 2.81 bits per heavy atom. The molecule has 2 heterocycles. The fourth-order valence-electron chi connectivity index (χ4n) is 3.74. The molecule has 2 aromatic rings. The fourth-order valence-corrected chi connectivity index (χ4v) is 3.89. The standard InChI is InChI=1S/C19H25ClN4O2/c1-13(25)10-15(9-5-8-14-6-3-2-4-7-14)19-23-18(24-26-19)16-11-21-12-17(20)22-16/h11-12,14-15H,2-10H2,1H3/t15-/m1/s1. The molecule has 0 saturated heterocycles. The average molecular weight is 377 g/mol. The van der Waals surface area contributed by atoms with Gasteiger partial charge in [0, 0.05) is 12.3 Å². The lowest BCUT2D eigenvalue weighted by atomic mass is 9.84. The van der Waals surface area contributed by atoms with Crippen LogP contribution in [0.1, 0.15) is 76.5 Å². The molecule has 0 aliphatic heterocycles. The van der Waals surface area contributed by atoms with Gasteiger partial charge in [0.2, 0.25) is 11.7 Å². The first-order chi connectivity index (χ1) is 12.6. The predicted molar refractivity (Wildman–Crippen MR) is 98.8 cm³/mol. The molecule has 0 bridgehead atoms. The first-order valence-corrected chi connectivity index (χ1v) is 9.80. The van der Waals surface area contributed by atoms with Crippen molar-refractivity contribution in [3.8, 4) is 11.5 Å². The largest absolute Gasteiger partial charge is 0.339 e. The molecule has 1 aliphatic rings. The Morgan fingerprint density at radius 1 is 1.27 bits per heavy atom. The van der Waals surface area contributed by atoms with E-state index >= 15 is 0 Å². The SMILES string of the molecule is CC(=O)C[C@@H](CCCC1CCCCC1)c1nc(-c2cncc(Cl)n2)no1. The molecule has 0 spiro atoms. The number of nitrogens with zero attached hydrogens (tertiary/aromatic N) is 4. The van der Waals surface area contributed by atoms with Gasteiger partial charge in [-0.25, -0.2) is 4.98 Å². The fraction of sp³-hybridized carbons (Fsp3) is 0.632. The molecule has 0 unspecified atom stereocenters. The van der Waals surface area contributed by atoms with Crippen LogP contribution in [-0.4, -0.2) is 25.9 Å². The van der Waals surface area contributed by atoms with Crippen LogP contribution in [0.15, 0.2) is 16.9 Å². The number of ketones is 1. The summed E-state index contributed by atoms with van der Waals surface area (Å²) in [6, 6.07) is 0. The monoisotopic (exact) mass is 376 g/mol. The topological polar surface area (TPSA) is 81.8 Å². The third kappa shape index (κ3) is 5.34. The summed E-state index contributed by atoms with van der Waals surface area (Å²) in [6.07, 6.45) is 13.4. The average Bonchev–Trinajstić information content (AvgIpc) is 3.11. The van der Waals surface area contributed by atoms with Crippen LogP contribution in [0.5, 0.6) is 0 Å². The van der Waals surface area contributed by atoms with Crippen LogP contribution in [0.2, 0.25) is 5.15 Å². The molecule has 26 heavy (non-hydrogen) atoms. The zero-order valence-corrected chi connectivity index (χ0v) is 15.9. The van der Waals surface area contributed by atoms with E-state index in [4.69, 9.17) is 16.1 Å². The maximum atomic E-state index is 11.7. The highest BCUT2D eigenvalue weighted by Gasteiger charge is 2.23. The number of hydrogen-bond acceptors (Lipinski definition) is 6. The van der Waals surface area contributed by atoms with E-state index in [1.807, 2.05) is 0 Å². The van der Waals surface area contributed by atoms with Crippen molar-refractivity contribution in [3.05, 3.63) is 23.4 Å². The number of rotatable bonds is 8. The number of Topliss-reactive ketones (excluding diaryl/α,β-unsaturated/α-hetero) is 1. The molecule has 1 aliphatic carbocycles. The smallest absolute Gasteiger partial charge is 0.230 e. The summed E-state index contributed by atoms with van der Waals surface area (Å²) in [4.78, 5) is 24.3.